The molecule has 0 aliphatic carbocycles. The number of carbonyl (C=O) groups is 3. The Hall–Kier alpha value is -3.03. The molecule has 2 amide bonds. The van der Waals surface area contributed by atoms with Gasteiger partial charge < -0.3 is 21.1 Å². The van der Waals surface area contributed by atoms with Crippen molar-refractivity contribution in [2.45, 2.75) is 43.4 Å². The van der Waals surface area contributed by atoms with E-state index in [9.17, 15) is 19.5 Å². The lowest BCUT2D eigenvalue weighted by molar-refractivity contribution is -0.134. The first-order chi connectivity index (χ1) is 14.9. The molecule has 2 saturated heterocycles. The Kier molecular flexibility index (Phi) is 5.89. The van der Waals surface area contributed by atoms with Gasteiger partial charge in [-0.05, 0) is 37.8 Å². The number of ketones is 1. The highest BCUT2D eigenvalue weighted by molar-refractivity contribution is 6.05. The first kappa shape index (κ1) is 21.2. The average Bonchev–Trinajstić information content (AvgIpc) is 3.50. The topological polar surface area (TPSA) is 113 Å². The van der Waals surface area contributed by atoms with Crippen LogP contribution in [0.15, 0.2) is 54.6 Å². The lowest BCUT2D eigenvalue weighted by Gasteiger charge is -2.30. The molecule has 0 bridgehead atoms. The van der Waals surface area contributed by atoms with E-state index in [1.165, 1.54) is 0 Å². The second-order valence-corrected chi connectivity index (χ2v) is 8.19. The molecule has 2 fully saturated rings. The van der Waals surface area contributed by atoms with Crippen LogP contribution in [0.4, 0.5) is 0 Å². The Morgan fingerprint density at radius 1 is 1.00 bits per heavy atom. The van der Waals surface area contributed by atoms with Gasteiger partial charge in [-0.1, -0.05) is 54.6 Å². The minimum absolute atomic E-state index is 0.0564. The van der Waals surface area contributed by atoms with Crippen LogP contribution < -0.4 is 11.1 Å². The third kappa shape index (κ3) is 3.75. The molecule has 0 aromatic heterocycles. The molecule has 2 aromatic rings. The number of Topliss-reactive ketones (excluding diaryl/α,β-unsaturated/α-hetero) is 1. The molecule has 7 heteroatoms. The molecular weight excluding hydrogens is 394 g/mol. The van der Waals surface area contributed by atoms with E-state index in [1.807, 2.05) is 0 Å². The van der Waals surface area contributed by atoms with E-state index < -0.39 is 17.6 Å². The van der Waals surface area contributed by atoms with Gasteiger partial charge in [0.05, 0.1) is 12.1 Å². The van der Waals surface area contributed by atoms with Crippen LogP contribution in [-0.4, -0.2) is 52.8 Å². The van der Waals surface area contributed by atoms with Gasteiger partial charge in [0.1, 0.15) is 0 Å². The van der Waals surface area contributed by atoms with Gasteiger partial charge in [0.15, 0.2) is 11.4 Å². The van der Waals surface area contributed by atoms with Crippen LogP contribution in [-0.2, 0) is 15.2 Å². The summed E-state index contributed by atoms with van der Waals surface area (Å²) in [5.41, 5.74) is 4.11. The Bertz CT molecular complexity index is 987. The number of likely N-dealkylation sites (tertiary alicyclic amines) is 1. The molecule has 2 aromatic carbocycles. The molecule has 1 unspecified atom stereocenters. The maximum absolute atomic E-state index is 13.6. The monoisotopic (exact) mass is 421 g/mol. The van der Waals surface area contributed by atoms with Gasteiger partial charge in [-0.15, -0.1) is 0 Å². The maximum Gasteiger partial charge on any atom is 0.258 e. The van der Waals surface area contributed by atoms with Crippen LogP contribution in [0.25, 0.3) is 0 Å². The number of benzene rings is 2. The quantitative estimate of drug-likeness (QED) is 0.609. The fraction of sp³-hybridized carbons (Fsp3) is 0.375. The molecule has 2 aliphatic rings. The molecule has 3 atom stereocenters. The standard InChI is InChI=1S/C24H27N3O4/c25-23(30)24(31,16-8-2-1-3-9-16)18-11-5-4-10-17(18)21(28)20-13-7-15-27(20)22(29)19-12-6-14-26-19/h1-5,8-11,19-20,26,31H,6-7,12-15H2,(H2,25,30)/t19-,20-,24?/m0/s1. The van der Waals surface area contributed by atoms with E-state index in [0.29, 0.717) is 13.0 Å². The van der Waals surface area contributed by atoms with Crippen LogP contribution in [0.1, 0.15) is 47.2 Å². The van der Waals surface area contributed by atoms with Crippen molar-refractivity contribution in [1.29, 1.82) is 0 Å². The van der Waals surface area contributed by atoms with Gasteiger partial charge >= 0.3 is 0 Å². The number of nitrogens with two attached hydrogens (primary N) is 1. The first-order valence-corrected chi connectivity index (χ1v) is 10.7. The van der Waals surface area contributed by atoms with Crippen molar-refractivity contribution >= 4 is 17.6 Å². The van der Waals surface area contributed by atoms with Crippen molar-refractivity contribution in [3.05, 3.63) is 71.3 Å². The van der Waals surface area contributed by atoms with Crippen LogP contribution in [0.3, 0.4) is 0 Å². The third-order valence-corrected chi connectivity index (χ3v) is 6.33. The molecule has 162 valence electrons. The number of nitrogens with one attached hydrogen (secondary N) is 1. The first-order valence-electron chi connectivity index (χ1n) is 10.7. The number of aliphatic hydroxyl groups is 1. The lowest BCUT2D eigenvalue weighted by atomic mass is 9.81. The molecule has 0 radical (unpaired) electrons. The molecule has 7 nitrogen and oxygen atoms in total. The van der Waals surface area contributed by atoms with E-state index in [4.69, 9.17) is 5.73 Å². The van der Waals surface area contributed by atoms with Crippen LogP contribution in [0.2, 0.25) is 0 Å². The van der Waals surface area contributed by atoms with Crippen molar-refractivity contribution in [3.8, 4) is 0 Å². The van der Waals surface area contributed by atoms with Gasteiger partial charge in [-0.2, -0.15) is 0 Å². The zero-order valence-electron chi connectivity index (χ0n) is 17.3. The van der Waals surface area contributed by atoms with Gasteiger partial charge in [0, 0.05) is 17.7 Å². The summed E-state index contributed by atoms with van der Waals surface area (Å²) in [6, 6.07) is 14.0. The fourth-order valence-corrected chi connectivity index (χ4v) is 4.70. The molecule has 0 saturated carbocycles. The molecular formula is C24H27N3O4. The largest absolute Gasteiger partial charge is 0.372 e. The summed E-state index contributed by atoms with van der Waals surface area (Å²) in [6.45, 7) is 1.32. The zero-order valence-corrected chi connectivity index (χ0v) is 17.3. The summed E-state index contributed by atoms with van der Waals surface area (Å²) >= 11 is 0. The van der Waals surface area contributed by atoms with E-state index in [2.05, 4.69) is 5.32 Å². The summed E-state index contributed by atoms with van der Waals surface area (Å²) in [4.78, 5) is 40.7. The number of carbonyl (C=O) groups excluding carboxylic acids is 3. The fourth-order valence-electron chi connectivity index (χ4n) is 4.70. The summed E-state index contributed by atoms with van der Waals surface area (Å²) in [5, 5.41) is 14.6. The second kappa shape index (κ2) is 8.61. The van der Waals surface area contributed by atoms with E-state index >= 15 is 0 Å². The normalized spacial score (nSPS) is 22.8. The second-order valence-electron chi connectivity index (χ2n) is 8.19. The number of nitrogens with zero attached hydrogens (tertiary/aromatic N) is 1. The SMILES string of the molecule is NC(=O)C(O)(c1ccccc1)c1ccccc1C(=O)[C@@H]1CCCN1C(=O)[C@@H]1CCCN1. The van der Waals surface area contributed by atoms with Gasteiger partial charge in [-0.3, -0.25) is 14.4 Å². The Morgan fingerprint density at radius 3 is 2.39 bits per heavy atom. The van der Waals surface area contributed by atoms with Crippen molar-refractivity contribution in [2.75, 3.05) is 13.1 Å². The van der Waals surface area contributed by atoms with E-state index in [-0.39, 0.29) is 34.4 Å². The summed E-state index contributed by atoms with van der Waals surface area (Å²) < 4.78 is 0. The highest BCUT2D eigenvalue weighted by Crippen LogP contribution is 2.34. The molecule has 2 heterocycles. The highest BCUT2D eigenvalue weighted by Gasteiger charge is 2.44. The number of amides is 2. The summed E-state index contributed by atoms with van der Waals surface area (Å²) in [7, 11) is 0. The average molecular weight is 421 g/mol. The number of primary amides is 1. The van der Waals surface area contributed by atoms with E-state index in [0.717, 1.165) is 25.8 Å². The van der Waals surface area contributed by atoms with Crippen LogP contribution >= 0.6 is 0 Å². The number of rotatable bonds is 6. The highest BCUT2D eigenvalue weighted by atomic mass is 16.3. The third-order valence-electron chi connectivity index (χ3n) is 6.33. The zero-order chi connectivity index (χ0) is 22.0. The number of hydrogen-bond acceptors (Lipinski definition) is 5. The molecule has 0 spiro atoms. The summed E-state index contributed by atoms with van der Waals surface area (Å²) in [6.07, 6.45) is 2.98. The summed E-state index contributed by atoms with van der Waals surface area (Å²) in [5.74, 6) is -1.30. The molecule has 4 rings (SSSR count). The van der Waals surface area contributed by atoms with Crippen molar-refractivity contribution in [3.63, 3.8) is 0 Å². The van der Waals surface area contributed by atoms with Gasteiger partial charge in [-0.25, -0.2) is 0 Å². The van der Waals surface area contributed by atoms with Gasteiger partial charge in [0.25, 0.3) is 5.91 Å². The van der Waals surface area contributed by atoms with Crippen molar-refractivity contribution in [1.82, 2.24) is 10.2 Å². The van der Waals surface area contributed by atoms with Crippen LogP contribution in [0, 0.1) is 0 Å². The Labute approximate surface area is 181 Å². The Balaban J connectivity index is 1.72. The lowest BCUT2D eigenvalue weighted by Crippen LogP contribution is -2.49. The minimum atomic E-state index is -2.16. The number of hydrogen-bond donors (Lipinski definition) is 3. The minimum Gasteiger partial charge on any atom is -0.372 e. The smallest absolute Gasteiger partial charge is 0.258 e. The van der Waals surface area contributed by atoms with Crippen molar-refractivity contribution < 1.29 is 19.5 Å². The van der Waals surface area contributed by atoms with Crippen molar-refractivity contribution in [2.24, 2.45) is 5.73 Å². The van der Waals surface area contributed by atoms with Gasteiger partial charge in [0.2, 0.25) is 5.91 Å². The van der Waals surface area contributed by atoms with E-state index in [1.54, 1.807) is 59.5 Å². The predicted octanol–water partition coefficient (Wildman–Crippen LogP) is 1.33. The predicted molar refractivity (Wildman–Crippen MR) is 115 cm³/mol. The molecule has 4 N–H and O–H groups in total. The Morgan fingerprint density at radius 2 is 1.71 bits per heavy atom. The molecule has 31 heavy (non-hydrogen) atoms. The maximum atomic E-state index is 13.6. The molecule has 2 aliphatic heterocycles. The van der Waals surface area contributed by atoms with Crippen LogP contribution in [0.5, 0.6) is 0 Å².